The van der Waals surface area contributed by atoms with E-state index in [0.29, 0.717) is 32.2 Å². The fourth-order valence-corrected chi connectivity index (χ4v) is 2.16. The van der Waals surface area contributed by atoms with Crippen LogP contribution in [0.5, 0.6) is 0 Å². The molecule has 0 amide bonds. The highest BCUT2D eigenvalue weighted by molar-refractivity contribution is 5.85. The van der Waals surface area contributed by atoms with Gasteiger partial charge in [0.15, 0.2) is 11.6 Å². The summed E-state index contributed by atoms with van der Waals surface area (Å²) < 4.78 is 52.7. The Morgan fingerprint density at radius 3 is 2.21 bits per heavy atom. The first-order valence-corrected chi connectivity index (χ1v) is 5.78. The van der Waals surface area contributed by atoms with E-state index in [0.717, 1.165) is 6.07 Å². The Labute approximate surface area is 115 Å². The van der Waals surface area contributed by atoms with Crippen LogP contribution in [0.15, 0.2) is 12.1 Å². The van der Waals surface area contributed by atoms with Crippen molar-refractivity contribution in [1.82, 2.24) is 10.2 Å². The molecular weight excluding hydrogens is 284 g/mol. The maximum absolute atomic E-state index is 13.6. The summed E-state index contributed by atoms with van der Waals surface area (Å²) in [5.74, 6) is -3.32. The fraction of sp³-hybridized carbons (Fsp3) is 0.500. The molecule has 1 aliphatic heterocycles. The second-order valence-electron chi connectivity index (χ2n) is 4.24. The third kappa shape index (κ3) is 3.58. The van der Waals surface area contributed by atoms with Gasteiger partial charge < -0.3 is 5.32 Å². The minimum Gasteiger partial charge on any atom is -0.314 e. The zero-order valence-electron chi connectivity index (χ0n) is 10.1. The number of hydrogen-bond acceptors (Lipinski definition) is 2. The maximum atomic E-state index is 13.6. The minimum atomic E-state index is -1.26. The Balaban J connectivity index is 0.00000180. The lowest BCUT2D eigenvalue weighted by Crippen LogP contribution is -2.45. The predicted octanol–water partition coefficient (Wildman–Crippen LogP) is 2.44. The molecule has 0 radical (unpaired) electrons. The van der Waals surface area contributed by atoms with Gasteiger partial charge in [0.25, 0.3) is 0 Å². The van der Waals surface area contributed by atoms with Crippen LogP contribution in [0.2, 0.25) is 0 Å². The molecule has 1 aromatic rings. The number of hydrogen-bond donors (Lipinski definition) is 1. The summed E-state index contributed by atoms with van der Waals surface area (Å²) in [7, 11) is 0. The fourth-order valence-electron chi connectivity index (χ4n) is 2.16. The van der Waals surface area contributed by atoms with Crippen molar-refractivity contribution in [3.8, 4) is 0 Å². The quantitative estimate of drug-likeness (QED) is 0.681. The van der Waals surface area contributed by atoms with E-state index in [2.05, 4.69) is 5.32 Å². The molecule has 0 unspecified atom stereocenters. The molecule has 0 bridgehead atoms. The Morgan fingerprint density at radius 1 is 1.05 bits per heavy atom. The van der Waals surface area contributed by atoms with Crippen LogP contribution in [-0.2, 0) is 0 Å². The molecule has 1 N–H and O–H groups in total. The summed E-state index contributed by atoms with van der Waals surface area (Å²) in [5, 5.41) is 3.09. The highest BCUT2D eigenvalue weighted by Gasteiger charge is 2.26. The van der Waals surface area contributed by atoms with Crippen LogP contribution in [0.25, 0.3) is 0 Å². The van der Waals surface area contributed by atoms with Crippen LogP contribution in [0.3, 0.4) is 0 Å². The Bertz CT molecular complexity index is 424. The summed E-state index contributed by atoms with van der Waals surface area (Å²) in [4.78, 5) is 1.73. The molecule has 1 fully saturated rings. The van der Waals surface area contributed by atoms with Crippen LogP contribution in [-0.4, -0.2) is 37.8 Å². The zero-order valence-corrected chi connectivity index (χ0v) is 11.0. The van der Waals surface area contributed by atoms with Gasteiger partial charge in [-0.05, 0) is 6.07 Å². The van der Waals surface area contributed by atoms with Gasteiger partial charge in [-0.1, -0.05) is 0 Å². The third-order valence-corrected chi connectivity index (χ3v) is 3.14. The van der Waals surface area contributed by atoms with Gasteiger partial charge in [0.1, 0.15) is 12.5 Å². The smallest absolute Gasteiger partial charge is 0.161 e. The number of nitrogens with zero attached hydrogens (tertiary/aromatic N) is 1. The Morgan fingerprint density at radius 2 is 1.63 bits per heavy atom. The summed E-state index contributed by atoms with van der Waals surface area (Å²) in [6.45, 7) is 1.60. The van der Waals surface area contributed by atoms with Crippen molar-refractivity contribution in [1.29, 1.82) is 0 Å². The largest absolute Gasteiger partial charge is 0.314 e. The number of benzene rings is 1. The van der Waals surface area contributed by atoms with Gasteiger partial charge in [-0.3, -0.25) is 4.90 Å². The van der Waals surface area contributed by atoms with Crippen LogP contribution in [0.4, 0.5) is 17.6 Å². The molecule has 0 spiro atoms. The van der Waals surface area contributed by atoms with Gasteiger partial charge in [-0.2, -0.15) is 0 Å². The van der Waals surface area contributed by atoms with Gasteiger partial charge in [0.2, 0.25) is 0 Å². The Hall–Kier alpha value is -0.850. The summed E-state index contributed by atoms with van der Waals surface area (Å²) in [6.07, 6.45) is 0. The van der Waals surface area contributed by atoms with E-state index in [1.54, 1.807) is 4.90 Å². The van der Waals surface area contributed by atoms with Crippen molar-refractivity contribution < 1.29 is 17.6 Å². The molecule has 1 aliphatic rings. The van der Waals surface area contributed by atoms with Crippen molar-refractivity contribution in [2.45, 2.75) is 6.04 Å². The van der Waals surface area contributed by atoms with Gasteiger partial charge in [0.05, 0.1) is 6.04 Å². The van der Waals surface area contributed by atoms with E-state index >= 15 is 0 Å². The standard InChI is InChI=1S/C12H14F4N2.ClH/c13-7-12(18-3-1-17-2-4-18)8-5-10(15)11(16)6-9(8)14;/h5-6,12,17H,1-4,7H2;1H/t12-;/m0./s1. The lowest BCUT2D eigenvalue weighted by Gasteiger charge is -2.33. The first kappa shape index (κ1) is 16.2. The molecule has 1 heterocycles. The van der Waals surface area contributed by atoms with E-state index in [9.17, 15) is 17.6 Å². The lowest BCUT2D eigenvalue weighted by molar-refractivity contribution is 0.144. The molecule has 19 heavy (non-hydrogen) atoms. The third-order valence-electron chi connectivity index (χ3n) is 3.14. The average Bonchev–Trinajstić information content (AvgIpc) is 2.38. The molecule has 2 nitrogen and oxygen atoms in total. The Kier molecular flexibility index (Phi) is 6.03. The first-order chi connectivity index (χ1) is 8.63. The van der Waals surface area contributed by atoms with Crippen molar-refractivity contribution in [2.75, 3.05) is 32.9 Å². The van der Waals surface area contributed by atoms with Gasteiger partial charge in [-0.15, -0.1) is 12.4 Å². The van der Waals surface area contributed by atoms with Gasteiger partial charge in [0, 0.05) is 37.8 Å². The molecule has 0 aliphatic carbocycles. The average molecular weight is 299 g/mol. The molecule has 2 rings (SSSR count). The van der Waals surface area contributed by atoms with Crippen molar-refractivity contribution in [2.24, 2.45) is 0 Å². The van der Waals surface area contributed by atoms with Crippen LogP contribution >= 0.6 is 12.4 Å². The van der Waals surface area contributed by atoms with E-state index in [1.165, 1.54) is 0 Å². The lowest BCUT2D eigenvalue weighted by atomic mass is 10.0. The summed E-state index contributed by atoms with van der Waals surface area (Å²) in [5.41, 5.74) is -0.127. The summed E-state index contributed by atoms with van der Waals surface area (Å²) in [6, 6.07) is 0.356. The number of piperazine rings is 1. The van der Waals surface area contributed by atoms with Crippen molar-refractivity contribution in [3.63, 3.8) is 0 Å². The zero-order chi connectivity index (χ0) is 13.1. The predicted molar refractivity (Wildman–Crippen MR) is 66.7 cm³/mol. The van der Waals surface area contributed by atoms with Crippen molar-refractivity contribution in [3.05, 3.63) is 35.1 Å². The number of rotatable bonds is 3. The molecule has 108 valence electrons. The first-order valence-electron chi connectivity index (χ1n) is 5.78. The van der Waals surface area contributed by atoms with Crippen LogP contribution < -0.4 is 5.32 Å². The highest BCUT2D eigenvalue weighted by Crippen LogP contribution is 2.26. The SMILES string of the molecule is Cl.FC[C@@H](c1cc(F)c(F)cc1F)N1CCNCC1. The van der Waals surface area contributed by atoms with E-state index in [1.807, 2.05) is 0 Å². The topological polar surface area (TPSA) is 15.3 Å². The number of nitrogens with one attached hydrogen (secondary N) is 1. The van der Waals surface area contributed by atoms with Crippen molar-refractivity contribution >= 4 is 12.4 Å². The monoisotopic (exact) mass is 298 g/mol. The molecule has 1 saturated heterocycles. The van der Waals surface area contributed by atoms with Gasteiger partial charge >= 0.3 is 0 Å². The van der Waals surface area contributed by atoms with E-state index in [-0.39, 0.29) is 18.0 Å². The second kappa shape index (κ2) is 7.07. The molecular formula is C12H15ClF4N2. The molecule has 1 aromatic carbocycles. The minimum absolute atomic E-state index is 0. The van der Waals surface area contributed by atoms with Crippen LogP contribution in [0.1, 0.15) is 11.6 Å². The van der Waals surface area contributed by atoms with E-state index in [4.69, 9.17) is 0 Å². The normalized spacial score (nSPS) is 17.9. The van der Waals surface area contributed by atoms with E-state index < -0.39 is 30.2 Å². The number of alkyl halides is 1. The second-order valence-corrected chi connectivity index (χ2v) is 4.24. The molecule has 0 saturated carbocycles. The molecule has 7 heteroatoms. The highest BCUT2D eigenvalue weighted by atomic mass is 35.5. The maximum Gasteiger partial charge on any atom is 0.161 e. The van der Waals surface area contributed by atoms with Gasteiger partial charge in [-0.25, -0.2) is 17.6 Å². The summed E-state index contributed by atoms with van der Waals surface area (Å²) >= 11 is 0. The number of halogens is 5. The molecule has 1 atom stereocenters. The van der Waals surface area contributed by atoms with Crippen LogP contribution in [0, 0.1) is 17.5 Å². The molecule has 0 aromatic heterocycles.